The number of aliphatic hydroxyl groups is 1. The highest BCUT2D eigenvalue weighted by molar-refractivity contribution is 9.10. The molecule has 1 unspecified atom stereocenters. The third-order valence-electron chi connectivity index (χ3n) is 2.30. The van der Waals surface area contributed by atoms with Gasteiger partial charge < -0.3 is 9.52 Å². The van der Waals surface area contributed by atoms with Crippen LogP contribution < -0.4 is 0 Å². The van der Waals surface area contributed by atoms with E-state index in [1.165, 1.54) is 12.3 Å². The van der Waals surface area contributed by atoms with E-state index >= 15 is 0 Å². The predicted molar refractivity (Wildman–Crippen MR) is 69.6 cm³/mol. The summed E-state index contributed by atoms with van der Waals surface area (Å²) in [5.41, 5.74) is 0.544. The van der Waals surface area contributed by atoms with Gasteiger partial charge in [0.15, 0.2) is 4.67 Å². The van der Waals surface area contributed by atoms with Gasteiger partial charge >= 0.3 is 0 Å². The van der Waals surface area contributed by atoms with Crippen LogP contribution in [0.25, 0.3) is 0 Å². The Labute approximate surface area is 119 Å². The zero-order valence-electron chi connectivity index (χ0n) is 8.25. The van der Waals surface area contributed by atoms with Crippen LogP contribution in [0.3, 0.4) is 0 Å². The quantitative estimate of drug-likeness (QED) is 0.763. The van der Waals surface area contributed by atoms with Gasteiger partial charge in [-0.25, -0.2) is 4.39 Å². The van der Waals surface area contributed by atoms with E-state index in [-0.39, 0.29) is 10.6 Å². The molecule has 0 spiro atoms. The molecular formula is C11H6Br2ClFO2. The largest absolute Gasteiger partial charge is 0.457 e. The second-order valence-electron chi connectivity index (χ2n) is 3.32. The Bertz CT molecular complexity index is 556. The Kier molecular flexibility index (Phi) is 3.92. The maximum Gasteiger partial charge on any atom is 0.175 e. The van der Waals surface area contributed by atoms with Crippen molar-refractivity contribution in [2.45, 2.75) is 6.10 Å². The first kappa shape index (κ1) is 13.1. The van der Waals surface area contributed by atoms with Gasteiger partial charge in [-0.05, 0) is 44.0 Å². The lowest BCUT2D eigenvalue weighted by Gasteiger charge is -2.12. The van der Waals surface area contributed by atoms with Crippen molar-refractivity contribution < 1.29 is 13.9 Å². The van der Waals surface area contributed by atoms with Crippen molar-refractivity contribution in [2.24, 2.45) is 0 Å². The molecule has 0 aliphatic heterocycles. The summed E-state index contributed by atoms with van der Waals surface area (Å²) in [6.07, 6.45) is 0.273. The van der Waals surface area contributed by atoms with Gasteiger partial charge in [0, 0.05) is 15.6 Å². The average Bonchev–Trinajstić information content (AvgIpc) is 2.72. The van der Waals surface area contributed by atoms with Crippen LogP contribution in [0.5, 0.6) is 0 Å². The van der Waals surface area contributed by atoms with Gasteiger partial charge in [0.2, 0.25) is 0 Å². The zero-order chi connectivity index (χ0) is 12.6. The van der Waals surface area contributed by atoms with Crippen molar-refractivity contribution in [3.63, 3.8) is 0 Å². The summed E-state index contributed by atoms with van der Waals surface area (Å²) in [6, 6.07) is 4.61. The summed E-state index contributed by atoms with van der Waals surface area (Å²) in [7, 11) is 0. The van der Waals surface area contributed by atoms with Crippen LogP contribution >= 0.6 is 43.5 Å². The van der Waals surface area contributed by atoms with Gasteiger partial charge in [0.05, 0.1) is 11.3 Å². The molecule has 2 rings (SSSR count). The predicted octanol–water partition coefficient (Wildman–Crippen LogP) is 4.68. The molecule has 1 heterocycles. The van der Waals surface area contributed by atoms with E-state index in [1.807, 2.05) is 0 Å². The number of rotatable bonds is 2. The molecule has 6 heteroatoms. The number of benzene rings is 1. The van der Waals surface area contributed by atoms with Gasteiger partial charge in [-0.2, -0.15) is 0 Å². The lowest BCUT2D eigenvalue weighted by atomic mass is 10.0. The number of aliphatic hydroxyl groups excluding tert-OH is 1. The van der Waals surface area contributed by atoms with Crippen molar-refractivity contribution in [2.75, 3.05) is 0 Å². The number of halogens is 4. The minimum absolute atomic E-state index is 0.0545. The molecule has 2 aromatic rings. The third kappa shape index (κ3) is 2.42. The minimum atomic E-state index is -1.13. The van der Waals surface area contributed by atoms with Crippen molar-refractivity contribution >= 4 is 43.5 Å². The van der Waals surface area contributed by atoms with Crippen molar-refractivity contribution in [1.82, 2.24) is 0 Å². The van der Waals surface area contributed by atoms with Gasteiger partial charge in [0.25, 0.3) is 0 Å². The van der Waals surface area contributed by atoms with E-state index in [4.69, 9.17) is 16.0 Å². The van der Waals surface area contributed by atoms with E-state index in [1.54, 1.807) is 12.1 Å². The van der Waals surface area contributed by atoms with Gasteiger partial charge in [-0.1, -0.05) is 17.7 Å². The van der Waals surface area contributed by atoms with Crippen LogP contribution in [0.15, 0.2) is 38.0 Å². The highest BCUT2D eigenvalue weighted by Gasteiger charge is 2.21. The SMILES string of the molecule is OC(c1ccoc1Br)c1ccc(Br)c(Cl)c1F. The first-order valence-electron chi connectivity index (χ1n) is 4.56. The second kappa shape index (κ2) is 5.10. The number of hydrogen-bond donors (Lipinski definition) is 1. The fraction of sp³-hybridized carbons (Fsp3) is 0.0909. The molecule has 1 N–H and O–H groups in total. The third-order valence-corrected chi connectivity index (χ3v) is 4.20. The van der Waals surface area contributed by atoms with Crippen molar-refractivity contribution in [3.8, 4) is 0 Å². The minimum Gasteiger partial charge on any atom is -0.457 e. The maximum atomic E-state index is 13.9. The summed E-state index contributed by atoms with van der Waals surface area (Å²) in [5, 5.41) is 10.00. The van der Waals surface area contributed by atoms with E-state index in [9.17, 15) is 9.50 Å². The molecule has 0 bridgehead atoms. The lowest BCUT2D eigenvalue weighted by molar-refractivity contribution is 0.212. The van der Waals surface area contributed by atoms with E-state index in [0.717, 1.165) is 0 Å². The van der Waals surface area contributed by atoms with Crippen molar-refractivity contribution in [1.29, 1.82) is 0 Å². The average molecular weight is 384 g/mol. The molecule has 0 saturated heterocycles. The van der Waals surface area contributed by atoms with Crippen LogP contribution in [-0.4, -0.2) is 5.11 Å². The molecular weight excluding hydrogens is 378 g/mol. The van der Waals surface area contributed by atoms with Crippen LogP contribution in [0.1, 0.15) is 17.2 Å². The summed E-state index contributed by atoms with van der Waals surface area (Å²) >= 11 is 12.0. The smallest absolute Gasteiger partial charge is 0.175 e. The molecule has 0 fully saturated rings. The van der Waals surface area contributed by atoms with Crippen molar-refractivity contribution in [3.05, 3.63) is 55.6 Å². The fourth-order valence-electron chi connectivity index (χ4n) is 1.42. The summed E-state index contributed by atoms with van der Waals surface area (Å²) in [4.78, 5) is 0. The maximum absolute atomic E-state index is 13.9. The van der Waals surface area contributed by atoms with E-state index in [2.05, 4.69) is 31.9 Å². The van der Waals surface area contributed by atoms with Gasteiger partial charge in [0.1, 0.15) is 11.9 Å². The lowest BCUT2D eigenvalue weighted by Crippen LogP contribution is -2.02. The molecule has 0 aliphatic rings. The molecule has 0 amide bonds. The fourth-order valence-corrected chi connectivity index (χ4v) is 2.35. The summed E-state index contributed by atoms with van der Waals surface area (Å²) in [6.45, 7) is 0. The number of hydrogen-bond acceptors (Lipinski definition) is 2. The molecule has 0 radical (unpaired) electrons. The second-order valence-corrected chi connectivity index (χ2v) is 5.27. The van der Waals surface area contributed by atoms with Crippen LogP contribution in [0.2, 0.25) is 5.02 Å². The molecule has 1 aromatic carbocycles. The molecule has 17 heavy (non-hydrogen) atoms. The molecule has 90 valence electrons. The standard InChI is InChI=1S/C11H6Br2ClFO2/c12-7-2-1-5(9(15)8(7)14)10(16)6-3-4-17-11(6)13/h1-4,10,16H. The summed E-state index contributed by atoms with van der Waals surface area (Å²) in [5.74, 6) is -0.651. The Morgan fingerprint density at radius 3 is 2.53 bits per heavy atom. The van der Waals surface area contributed by atoms with E-state index < -0.39 is 11.9 Å². The van der Waals surface area contributed by atoms with Crippen LogP contribution in [0, 0.1) is 5.82 Å². The Morgan fingerprint density at radius 2 is 1.94 bits per heavy atom. The first-order valence-corrected chi connectivity index (χ1v) is 6.53. The first-order chi connectivity index (χ1) is 8.02. The Morgan fingerprint density at radius 1 is 1.24 bits per heavy atom. The number of furan rings is 1. The van der Waals surface area contributed by atoms with Gasteiger partial charge in [-0.15, -0.1) is 0 Å². The zero-order valence-corrected chi connectivity index (χ0v) is 12.2. The summed E-state index contributed by atoms with van der Waals surface area (Å²) < 4.78 is 19.7. The highest BCUT2D eigenvalue weighted by Crippen LogP contribution is 2.35. The molecule has 2 nitrogen and oxygen atoms in total. The molecule has 1 aromatic heterocycles. The molecule has 0 aliphatic carbocycles. The van der Waals surface area contributed by atoms with Gasteiger partial charge in [-0.3, -0.25) is 0 Å². The highest BCUT2D eigenvalue weighted by atomic mass is 79.9. The molecule has 1 atom stereocenters. The normalized spacial score (nSPS) is 12.8. The Balaban J connectivity index is 2.48. The topological polar surface area (TPSA) is 33.4 Å². The Hall–Kier alpha value is -0.360. The monoisotopic (exact) mass is 382 g/mol. The molecule has 0 saturated carbocycles. The van der Waals surface area contributed by atoms with Crippen LogP contribution in [-0.2, 0) is 0 Å². The van der Waals surface area contributed by atoms with E-state index in [0.29, 0.717) is 14.7 Å². The van der Waals surface area contributed by atoms with Crippen LogP contribution in [0.4, 0.5) is 4.39 Å².